The van der Waals surface area contributed by atoms with Crippen LogP contribution in [-0.4, -0.2) is 63.9 Å². The van der Waals surface area contributed by atoms with Gasteiger partial charge in [0.15, 0.2) is 0 Å². The van der Waals surface area contributed by atoms with Gasteiger partial charge in [0.2, 0.25) is 5.91 Å². The van der Waals surface area contributed by atoms with Crippen molar-refractivity contribution in [3.05, 3.63) is 34.6 Å². The minimum absolute atomic E-state index is 0.0738. The van der Waals surface area contributed by atoms with Crippen LogP contribution < -0.4 is 5.56 Å². The maximum Gasteiger partial charge on any atom is 0.277 e. The van der Waals surface area contributed by atoms with Gasteiger partial charge in [-0.15, -0.1) is 5.10 Å². The Morgan fingerprint density at radius 1 is 1.28 bits per heavy atom. The Balaban J connectivity index is 1.67. The molecule has 0 radical (unpaired) electrons. The molecule has 0 N–H and O–H groups in total. The van der Waals surface area contributed by atoms with Gasteiger partial charge in [-0.25, -0.2) is 4.68 Å². The van der Waals surface area contributed by atoms with Crippen molar-refractivity contribution >= 4 is 16.8 Å². The van der Waals surface area contributed by atoms with E-state index in [0.717, 1.165) is 19.5 Å². The summed E-state index contributed by atoms with van der Waals surface area (Å²) < 4.78 is 1.29. The van der Waals surface area contributed by atoms with E-state index < -0.39 is 0 Å². The smallest absolute Gasteiger partial charge is 0.277 e. The maximum absolute atomic E-state index is 12.6. The van der Waals surface area contributed by atoms with Crippen LogP contribution >= 0.6 is 0 Å². The molecule has 134 valence electrons. The van der Waals surface area contributed by atoms with Crippen LogP contribution in [0.3, 0.4) is 0 Å². The number of hydrogen-bond acceptors (Lipinski definition) is 5. The molecule has 25 heavy (non-hydrogen) atoms. The highest BCUT2D eigenvalue weighted by molar-refractivity contribution is 5.77. The molecule has 1 fully saturated rings. The van der Waals surface area contributed by atoms with Crippen molar-refractivity contribution in [2.45, 2.75) is 32.4 Å². The van der Waals surface area contributed by atoms with E-state index in [2.05, 4.69) is 36.2 Å². The van der Waals surface area contributed by atoms with E-state index in [1.54, 1.807) is 18.2 Å². The molecule has 0 bridgehead atoms. The molecular formula is C18H25N5O2. The Hall–Kier alpha value is -2.28. The Bertz CT molecular complexity index is 816. The standard InChI is InChI=1S/C18H25N5O2/c1-4-13-11-22(12-16(13)21(2)3)17(24)9-10-23-18(25)14-7-5-6-8-15(14)19-20-23/h5-8,13,16H,4,9-12H2,1-3H3/t13-,16-/m0/s1. The van der Waals surface area contributed by atoms with Gasteiger partial charge in [-0.05, 0) is 32.1 Å². The molecule has 2 heterocycles. The highest BCUT2D eigenvalue weighted by atomic mass is 16.2. The zero-order chi connectivity index (χ0) is 18.0. The number of likely N-dealkylation sites (N-methyl/N-ethyl adjacent to an activating group) is 1. The van der Waals surface area contributed by atoms with Gasteiger partial charge in [0.1, 0.15) is 5.52 Å². The number of carbonyl (C=O) groups excluding carboxylic acids is 1. The van der Waals surface area contributed by atoms with Crippen LogP contribution in [0.1, 0.15) is 19.8 Å². The zero-order valence-corrected chi connectivity index (χ0v) is 15.1. The summed E-state index contributed by atoms with van der Waals surface area (Å²) in [6.07, 6.45) is 1.33. The first-order chi connectivity index (χ1) is 12.0. The van der Waals surface area contributed by atoms with Crippen molar-refractivity contribution < 1.29 is 4.79 Å². The fourth-order valence-electron chi connectivity index (χ4n) is 3.57. The third-order valence-electron chi connectivity index (χ3n) is 5.11. The summed E-state index contributed by atoms with van der Waals surface area (Å²) in [6, 6.07) is 7.52. The van der Waals surface area contributed by atoms with Crippen molar-refractivity contribution in [1.29, 1.82) is 0 Å². The molecule has 1 amide bonds. The second-order valence-electron chi connectivity index (χ2n) is 6.88. The normalized spacial score (nSPS) is 20.6. The molecule has 1 aliphatic heterocycles. The number of carbonyl (C=O) groups is 1. The van der Waals surface area contributed by atoms with Gasteiger partial charge < -0.3 is 9.80 Å². The van der Waals surface area contributed by atoms with E-state index in [-0.39, 0.29) is 24.4 Å². The molecule has 1 aromatic carbocycles. The van der Waals surface area contributed by atoms with Crippen LogP contribution in [0.2, 0.25) is 0 Å². The van der Waals surface area contributed by atoms with Gasteiger partial charge in [-0.1, -0.05) is 30.7 Å². The molecule has 0 unspecified atom stereocenters. The van der Waals surface area contributed by atoms with Crippen LogP contribution in [0.4, 0.5) is 0 Å². The summed E-state index contributed by atoms with van der Waals surface area (Å²) in [4.78, 5) is 29.1. The Morgan fingerprint density at radius 3 is 2.72 bits per heavy atom. The second kappa shape index (κ2) is 7.31. The Labute approximate surface area is 147 Å². The van der Waals surface area contributed by atoms with E-state index in [1.807, 2.05) is 11.0 Å². The largest absolute Gasteiger partial charge is 0.341 e. The van der Waals surface area contributed by atoms with Crippen molar-refractivity contribution in [3.8, 4) is 0 Å². The van der Waals surface area contributed by atoms with Crippen LogP contribution in [-0.2, 0) is 11.3 Å². The van der Waals surface area contributed by atoms with Gasteiger partial charge in [0.05, 0.1) is 11.9 Å². The third kappa shape index (κ3) is 3.56. The molecule has 1 aliphatic rings. The molecule has 7 nitrogen and oxygen atoms in total. The van der Waals surface area contributed by atoms with E-state index in [4.69, 9.17) is 0 Å². The molecule has 1 saturated heterocycles. The first kappa shape index (κ1) is 17.5. The summed E-state index contributed by atoms with van der Waals surface area (Å²) in [5.41, 5.74) is 0.381. The van der Waals surface area contributed by atoms with Crippen LogP contribution in [0.15, 0.2) is 29.1 Å². The number of benzene rings is 1. The molecule has 0 spiro atoms. The lowest BCUT2D eigenvalue weighted by Gasteiger charge is -2.23. The molecule has 1 aromatic heterocycles. The minimum atomic E-state index is -0.197. The average Bonchev–Trinajstić information content (AvgIpc) is 3.06. The minimum Gasteiger partial charge on any atom is -0.341 e. The summed E-state index contributed by atoms with van der Waals surface area (Å²) in [7, 11) is 4.12. The lowest BCUT2D eigenvalue weighted by atomic mass is 10.0. The third-order valence-corrected chi connectivity index (χ3v) is 5.11. The molecule has 7 heteroatoms. The number of aromatic nitrogens is 3. The number of fused-ring (bicyclic) bond motifs is 1. The van der Waals surface area contributed by atoms with Gasteiger partial charge in [-0.3, -0.25) is 9.59 Å². The first-order valence-electron chi connectivity index (χ1n) is 8.78. The molecule has 2 atom stereocenters. The number of likely N-dealkylation sites (tertiary alicyclic amines) is 1. The molecule has 2 aromatic rings. The van der Waals surface area contributed by atoms with E-state index in [1.165, 1.54) is 4.68 Å². The summed E-state index contributed by atoms with van der Waals surface area (Å²) >= 11 is 0. The SMILES string of the molecule is CC[C@H]1CN(C(=O)CCn2nnc3ccccc3c2=O)C[C@@H]1N(C)C. The van der Waals surface area contributed by atoms with Gasteiger partial charge in [0, 0.05) is 25.6 Å². The highest BCUT2D eigenvalue weighted by Gasteiger charge is 2.34. The number of amides is 1. The summed E-state index contributed by atoms with van der Waals surface area (Å²) in [5.74, 6) is 0.576. The topological polar surface area (TPSA) is 71.3 Å². The number of aryl methyl sites for hydroxylation is 1. The Morgan fingerprint density at radius 2 is 2.04 bits per heavy atom. The van der Waals surface area contributed by atoms with Crippen molar-refractivity contribution in [1.82, 2.24) is 24.8 Å². The van der Waals surface area contributed by atoms with Crippen LogP contribution in [0.25, 0.3) is 10.9 Å². The fourth-order valence-corrected chi connectivity index (χ4v) is 3.57. The Kier molecular flexibility index (Phi) is 5.13. The lowest BCUT2D eigenvalue weighted by Crippen LogP contribution is -2.36. The molecule has 0 aliphatic carbocycles. The van der Waals surface area contributed by atoms with Gasteiger partial charge >= 0.3 is 0 Å². The number of hydrogen-bond donors (Lipinski definition) is 0. The van der Waals surface area contributed by atoms with E-state index >= 15 is 0 Å². The predicted octanol–water partition coefficient (Wildman–Crippen LogP) is 0.980. The first-order valence-corrected chi connectivity index (χ1v) is 8.78. The van der Waals surface area contributed by atoms with Gasteiger partial charge in [-0.2, -0.15) is 0 Å². The highest BCUT2D eigenvalue weighted by Crippen LogP contribution is 2.23. The lowest BCUT2D eigenvalue weighted by molar-refractivity contribution is -0.130. The van der Waals surface area contributed by atoms with Crippen LogP contribution in [0, 0.1) is 5.92 Å². The molecule has 0 saturated carbocycles. The van der Waals surface area contributed by atoms with E-state index in [0.29, 0.717) is 22.9 Å². The van der Waals surface area contributed by atoms with Crippen LogP contribution in [0.5, 0.6) is 0 Å². The number of nitrogens with zero attached hydrogens (tertiary/aromatic N) is 5. The second-order valence-corrected chi connectivity index (χ2v) is 6.88. The predicted molar refractivity (Wildman–Crippen MR) is 96.3 cm³/mol. The molecular weight excluding hydrogens is 318 g/mol. The van der Waals surface area contributed by atoms with Crippen molar-refractivity contribution in [2.75, 3.05) is 27.2 Å². The number of rotatable bonds is 5. The monoisotopic (exact) mass is 343 g/mol. The fraction of sp³-hybridized carbons (Fsp3) is 0.556. The van der Waals surface area contributed by atoms with Crippen molar-refractivity contribution in [3.63, 3.8) is 0 Å². The summed E-state index contributed by atoms with van der Waals surface area (Å²) in [5, 5.41) is 8.55. The van der Waals surface area contributed by atoms with E-state index in [9.17, 15) is 9.59 Å². The van der Waals surface area contributed by atoms with Gasteiger partial charge in [0.25, 0.3) is 5.56 Å². The maximum atomic E-state index is 12.6. The van der Waals surface area contributed by atoms with Crippen molar-refractivity contribution in [2.24, 2.45) is 5.92 Å². The quantitative estimate of drug-likeness (QED) is 0.809. The average molecular weight is 343 g/mol. The zero-order valence-electron chi connectivity index (χ0n) is 15.1. The summed E-state index contributed by atoms with van der Waals surface area (Å²) in [6.45, 7) is 3.97. The molecule has 3 rings (SSSR count).